The van der Waals surface area contributed by atoms with E-state index in [-0.39, 0.29) is 12.5 Å². The molecular weight excluding hydrogens is 330 g/mol. The van der Waals surface area contributed by atoms with Crippen molar-refractivity contribution >= 4 is 11.9 Å². The third-order valence-electron chi connectivity index (χ3n) is 4.07. The highest BCUT2D eigenvalue weighted by molar-refractivity contribution is 5.83. The molecule has 5 heteroatoms. The van der Waals surface area contributed by atoms with Crippen molar-refractivity contribution in [3.05, 3.63) is 65.2 Å². The minimum Gasteiger partial charge on any atom is -0.482 e. The van der Waals surface area contributed by atoms with Crippen molar-refractivity contribution in [1.82, 2.24) is 5.32 Å². The Labute approximate surface area is 154 Å². The van der Waals surface area contributed by atoms with E-state index in [0.29, 0.717) is 12.3 Å². The van der Waals surface area contributed by atoms with Crippen LogP contribution in [-0.4, -0.2) is 31.1 Å². The summed E-state index contributed by atoms with van der Waals surface area (Å²) in [4.78, 5) is 23.8. The lowest BCUT2D eigenvalue weighted by Gasteiger charge is -2.14. The maximum atomic E-state index is 12.0. The third-order valence-corrected chi connectivity index (χ3v) is 4.07. The van der Waals surface area contributed by atoms with Crippen LogP contribution in [0.1, 0.15) is 23.6 Å². The van der Waals surface area contributed by atoms with E-state index < -0.39 is 12.1 Å². The molecule has 0 aliphatic heterocycles. The molecule has 1 unspecified atom stereocenters. The zero-order valence-electron chi connectivity index (χ0n) is 15.5. The molecule has 1 atom stereocenters. The summed E-state index contributed by atoms with van der Waals surface area (Å²) in [5.74, 6) is -0.292. The maximum absolute atomic E-state index is 12.0. The Morgan fingerprint density at radius 1 is 1.04 bits per heavy atom. The summed E-state index contributed by atoms with van der Waals surface area (Å²) in [5.41, 5.74) is 3.38. The molecule has 1 amide bonds. The second kappa shape index (κ2) is 9.61. The Hall–Kier alpha value is -2.82. The van der Waals surface area contributed by atoms with Crippen molar-refractivity contribution in [1.29, 1.82) is 0 Å². The van der Waals surface area contributed by atoms with Gasteiger partial charge in [-0.25, -0.2) is 4.79 Å². The van der Waals surface area contributed by atoms with Crippen molar-refractivity contribution in [2.24, 2.45) is 0 Å². The first-order chi connectivity index (χ1) is 12.5. The molecule has 2 aromatic rings. The predicted molar refractivity (Wildman–Crippen MR) is 100 cm³/mol. The highest BCUT2D eigenvalue weighted by atomic mass is 16.6. The molecule has 0 heterocycles. The van der Waals surface area contributed by atoms with Crippen LogP contribution in [0.3, 0.4) is 0 Å². The van der Waals surface area contributed by atoms with Crippen LogP contribution in [0.2, 0.25) is 0 Å². The molecule has 1 N–H and O–H groups in total. The number of aryl methyl sites for hydroxylation is 2. The van der Waals surface area contributed by atoms with Crippen LogP contribution in [0.5, 0.6) is 5.75 Å². The van der Waals surface area contributed by atoms with Crippen molar-refractivity contribution in [3.8, 4) is 5.75 Å². The van der Waals surface area contributed by atoms with Gasteiger partial charge in [-0.05, 0) is 56.0 Å². The van der Waals surface area contributed by atoms with Gasteiger partial charge in [0, 0.05) is 6.54 Å². The van der Waals surface area contributed by atoms with Crippen molar-refractivity contribution in [2.45, 2.75) is 33.3 Å². The van der Waals surface area contributed by atoms with E-state index >= 15 is 0 Å². The quantitative estimate of drug-likeness (QED) is 0.740. The second-order valence-corrected chi connectivity index (χ2v) is 6.19. The number of esters is 1. The van der Waals surface area contributed by atoms with Gasteiger partial charge in [0.05, 0.1) is 0 Å². The molecule has 0 radical (unpaired) electrons. The predicted octanol–water partition coefficient (Wildman–Crippen LogP) is 2.97. The average Bonchev–Trinajstić information content (AvgIpc) is 2.63. The van der Waals surface area contributed by atoms with Crippen LogP contribution < -0.4 is 10.1 Å². The fraction of sp³-hybridized carbons (Fsp3) is 0.333. The van der Waals surface area contributed by atoms with E-state index in [9.17, 15) is 9.59 Å². The summed E-state index contributed by atoms with van der Waals surface area (Å²) in [5, 5.41) is 2.77. The number of carbonyl (C=O) groups is 2. The summed E-state index contributed by atoms with van der Waals surface area (Å²) in [7, 11) is 0. The minimum atomic E-state index is -0.860. The van der Waals surface area contributed by atoms with E-state index in [2.05, 4.69) is 5.32 Å². The van der Waals surface area contributed by atoms with E-state index in [1.54, 1.807) is 13.0 Å². The monoisotopic (exact) mass is 355 g/mol. The molecule has 0 aromatic heterocycles. The van der Waals surface area contributed by atoms with Crippen LogP contribution in [-0.2, 0) is 20.7 Å². The first-order valence-corrected chi connectivity index (χ1v) is 8.67. The highest BCUT2D eigenvalue weighted by Gasteiger charge is 2.17. The molecule has 5 nitrogen and oxygen atoms in total. The lowest BCUT2D eigenvalue weighted by Crippen LogP contribution is -2.37. The van der Waals surface area contributed by atoms with Crippen LogP contribution in [0, 0.1) is 13.8 Å². The Balaban J connectivity index is 1.70. The summed E-state index contributed by atoms with van der Waals surface area (Å²) in [6.45, 7) is 5.79. The van der Waals surface area contributed by atoms with Gasteiger partial charge in [0.15, 0.2) is 12.7 Å². The van der Waals surface area contributed by atoms with Gasteiger partial charge in [-0.3, -0.25) is 4.79 Å². The minimum absolute atomic E-state index is 0.232. The van der Waals surface area contributed by atoms with Gasteiger partial charge >= 0.3 is 5.97 Å². The zero-order chi connectivity index (χ0) is 18.9. The van der Waals surface area contributed by atoms with Crippen molar-refractivity contribution in [3.63, 3.8) is 0 Å². The first kappa shape index (κ1) is 19.5. The molecule has 138 valence electrons. The van der Waals surface area contributed by atoms with Gasteiger partial charge in [0.2, 0.25) is 0 Å². The standard InChI is InChI=1S/C21H25NO4/c1-15-9-10-19(13-16(15)2)25-14-20(23)26-17(3)21(24)22-12-11-18-7-5-4-6-8-18/h4-10,13,17H,11-12,14H2,1-3H3,(H,22,24). The normalized spacial score (nSPS) is 11.5. The number of carbonyl (C=O) groups excluding carboxylic acids is 2. The Morgan fingerprint density at radius 2 is 1.77 bits per heavy atom. The van der Waals surface area contributed by atoms with Crippen LogP contribution in [0.25, 0.3) is 0 Å². The number of rotatable bonds is 8. The molecule has 0 aliphatic carbocycles. The second-order valence-electron chi connectivity index (χ2n) is 6.19. The number of hydrogen-bond acceptors (Lipinski definition) is 4. The molecule has 0 aliphatic rings. The highest BCUT2D eigenvalue weighted by Crippen LogP contribution is 2.16. The van der Waals surface area contributed by atoms with E-state index in [1.807, 2.05) is 56.3 Å². The first-order valence-electron chi connectivity index (χ1n) is 8.67. The Bertz CT molecular complexity index is 743. The van der Waals surface area contributed by atoms with Gasteiger partial charge in [-0.15, -0.1) is 0 Å². The summed E-state index contributed by atoms with van der Waals surface area (Å²) in [6, 6.07) is 15.5. The zero-order valence-corrected chi connectivity index (χ0v) is 15.5. The fourth-order valence-electron chi connectivity index (χ4n) is 2.35. The molecular formula is C21H25NO4. The SMILES string of the molecule is Cc1ccc(OCC(=O)OC(C)C(=O)NCCc2ccccc2)cc1C. The van der Waals surface area contributed by atoms with E-state index in [1.165, 1.54) is 0 Å². The molecule has 26 heavy (non-hydrogen) atoms. The van der Waals surface area contributed by atoms with E-state index in [4.69, 9.17) is 9.47 Å². The largest absolute Gasteiger partial charge is 0.482 e. The molecule has 2 aromatic carbocycles. The fourth-order valence-corrected chi connectivity index (χ4v) is 2.35. The molecule has 0 fully saturated rings. The average molecular weight is 355 g/mol. The number of hydrogen-bond donors (Lipinski definition) is 1. The van der Waals surface area contributed by atoms with Gasteiger partial charge < -0.3 is 14.8 Å². The third kappa shape index (κ3) is 6.24. The van der Waals surface area contributed by atoms with Crippen LogP contribution in [0.4, 0.5) is 0 Å². The summed E-state index contributed by atoms with van der Waals surface area (Å²) >= 11 is 0. The molecule has 2 rings (SSSR count). The molecule has 0 spiro atoms. The Morgan fingerprint density at radius 3 is 2.46 bits per heavy atom. The number of ether oxygens (including phenoxy) is 2. The van der Waals surface area contributed by atoms with Crippen molar-refractivity contribution < 1.29 is 19.1 Å². The molecule has 0 saturated heterocycles. The Kier molecular flexibility index (Phi) is 7.21. The van der Waals surface area contributed by atoms with Gasteiger partial charge in [-0.2, -0.15) is 0 Å². The van der Waals surface area contributed by atoms with Gasteiger partial charge in [0.1, 0.15) is 5.75 Å². The summed E-state index contributed by atoms with van der Waals surface area (Å²) < 4.78 is 10.5. The van der Waals surface area contributed by atoms with Crippen LogP contribution >= 0.6 is 0 Å². The molecule has 0 bridgehead atoms. The maximum Gasteiger partial charge on any atom is 0.344 e. The van der Waals surface area contributed by atoms with E-state index in [0.717, 1.165) is 23.1 Å². The molecule has 0 saturated carbocycles. The van der Waals surface area contributed by atoms with Gasteiger partial charge in [0.25, 0.3) is 5.91 Å². The lowest BCUT2D eigenvalue weighted by atomic mass is 10.1. The number of amides is 1. The lowest BCUT2D eigenvalue weighted by molar-refractivity contribution is -0.156. The van der Waals surface area contributed by atoms with Gasteiger partial charge in [-0.1, -0.05) is 36.4 Å². The summed E-state index contributed by atoms with van der Waals surface area (Å²) in [6.07, 6.45) is -0.134. The smallest absolute Gasteiger partial charge is 0.344 e. The topological polar surface area (TPSA) is 64.6 Å². The van der Waals surface area contributed by atoms with Crippen LogP contribution in [0.15, 0.2) is 48.5 Å². The van der Waals surface area contributed by atoms with Crippen molar-refractivity contribution in [2.75, 3.05) is 13.2 Å². The number of nitrogens with one attached hydrogen (secondary N) is 1. The number of benzene rings is 2.